The average molecular weight is 339 g/mol. The number of nitrogens with one attached hydrogen (secondary N) is 1. The van der Waals surface area contributed by atoms with E-state index in [2.05, 4.69) is 10.2 Å². The highest BCUT2D eigenvalue weighted by atomic mass is 35.6. The molecular formula is C12H14Cl3N3O2. The summed E-state index contributed by atoms with van der Waals surface area (Å²) in [5, 5.41) is 2.59. The van der Waals surface area contributed by atoms with Crippen molar-refractivity contribution >= 4 is 57.8 Å². The minimum Gasteiger partial charge on any atom is -0.399 e. The summed E-state index contributed by atoms with van der Waals surface area (Å²) in [4.78, 5) is 13.9. The molecule has 1 aliphatic rings. The molecule has 0 radical (unpaired) electrons. The summed E-state index contributed by atoms with van der Waals surface area (Å²) < 4.78 is 3.28. The van der Waals surface area contributed by atoms with Crippen LogP contribution in [0.15, 0.2) is 18.2 Å². The lowest BCUT2D eigenvalue weighted by molar-refractivity contribution is -0.115. The second kappa shape index (κ2) is 6.26. The average Bonchev–Trinajstić information content (AvgIpc) is 2.39. The molecule has 1 aromatic carbocycles. The van der Waals surface area contributed by atoms with Gasteiger partial charge in [0.05, 0.1) is 24.6 Å². The molecule has 0 spiro atoms. The second-order valence-electron chi connectivity index (χ2n) is 4.33. The van der Waals surface area contributed by atoms with E-state index in [-0.39, 0.29) is 0 Å². The van der Waals surface area contributed by atoms with Gasteiger partial charge in [-0.15, -0.1) is 0 Å². The van der Waals surface area contributed by atoms with Gasteiger partial charge >= 0.3 is 0 Å². The van der Waals surface area contributed by atoms with Gasteiger partial charge in [-0.2, -0.15) is 0 Å². The lowest BCUT2D eigenvalue weighted by Crippen LogP contribution is -2.37. The van der Waals surface area contributed by atoms with E-state index in [4.69, 9.17) is 45.3 Å². The zero-order valence-electron chi connectivity index (χ0n) is 10.5. The number of hydrogen-bond acceptors (Lipinski definition) is 4. The molecule has 0 unspecified atom stereocenters. The molecule has 1 saturated heterocycles. The molecule has 0 bridgehead atoms. The van der Waals surface area contributed by atoms with Gasteiger partial charge in [0.15, 0.2) is 0 Å². The molecule has 5 nitrogen and oxygen atoms in total. The lowest BCUT2D eigenvalue weighted by atomic mass is 10.2. The molecule has 0 atom stereocenters. The van der Waals surface area contributed by atoms with Crippen molar-refractivity contribution in [2.24, 2.45) is 0 Å². The number of nitrogens with two attached hydrogens (primary N) is 1. The third kappa shape index (κ3) is 3.82. The highest BCUT2D eigenvalue weighted by Crippen LogP contribution is 2.32. The Morgan fingerprint density at radius 3 is 2.55 bits per heavy atom. The molecule has 1 fully saturated rings. The smallest absolute Gasteiger partial charge is 0.276 e. The zero-order valence-corrected chi connectivity index (χ0v) is 12.8. The normalized spacial score (nSPS) is 16.1. The summed E-state index contributed by atoms with van der Waals surface area (Å²) in [6.45, 7) is 2.70. The maximum atomic E-state index is 11.8. The third-order valence-corrected chi connectivity index (χ3v) is 3.39. The van der Waals surface area contributed by atoms with Crippen LogP contribution in [-0.4, -0.2) is 36.0 Å². The van der Waals surface area contributed by atoms with Crippen molar-refractivity contribution in [2.45, 2.75) is 3.79 Å². The molecule has 1 aliphatic heterocycles. The highest BCUT2D eigenvalue weighted by Gasteiger charge is 2.31. The number of amides is 1. The first kappa shape index (κ1) is 15.5. The van der Waals surface area contributed by atoms with Gasteiger partial charge in [-0.3, -0.25) is 4.79 Å². The van der Waals surface area contributed by atoms with E-state index < -0.39 is 9.70 Å². The molecule has 1 heterocycles. The van der Waals surface area contributed by atoms with Crippen molar-refractivity contribution in [3.63, 3.8) is 0 Å². The van der Waals surface area contributed by atoms with Gasteiger partial charge in [-0.25, -0.2) is 0 Å². The minimum absolute atomic E-state index is 0.515. The van der Waals surface area contributed by atoms with E-state index in [1.165, 1.54) is 0 Å². The predicted molar refractivity (Wildman–Crippen MR) is 82.8 cm³/mol. The Labute approximate surface area is 131 Å². The van der Waals surface area contributed by atoms with Crippen molar-refractivity contribution in [3.05, 3.63) is 18.2 Å². The van der Waals surface area contributed by atoms with Crippen LogP contribution in [0, 0.1) is 0 Å². The lowest BCUT2D eigenvalue weighted by Gasteiger charge is -2.31. The molecule has 1 amide bonds. The first-order valence-electron chi connectivity index (χ1n) is 5.98. The van der Waals surface area contributed by atoms with Crippen LogP contribution in [0.25, 0.3) is 0 Å². The minimum atomic E-state index is -2.02. The van der Waals surface area contributed by atoms with Crippen LogP contribution in [0.5, 0.6) is 0 Å². The van der Waals surface area contributed by atoms with Crippen LogP contribution in [0.4, 0.5) is 17.1 Å². The molecule has 110 valence electrons. The first-order chi connectivity index (χ1) is 9.38. The molecule has 0 saturated carbocycles. The van der Waals surface area contributed by atoms with Crippen LogP contribution in [0.2, 0.25) is 0 Å². The van der Waals surface area contributed by atoms with Crippen molar-refractivity contribution in [1.82, 2.24) is 0 Å². The molecule has 3 N–H and O–H groups in total. The number of benzene rings is 1. The Kier molecular flexibility index (Phi) is 4.86. The largest absolute Gasteiger partial charge is 0.399 e. The van der Waals surface area contributed by atoms with Crippen LogP contribution in [0.3, 0.4) is 0 Å². The van der Waals surface area contributed by atoms with Crippen molar-refractivity contribution in [3.8, 4) is 0 Å². The molecule has 0 aliphatic carbocycles. The van der Waals surface area contributed by atoms with E-state index in [1.807, 2.05) is 6.07 Å². The summed E-state index contributed by atoms with van der Waals surface area (Å²) in [6.07, 6.45) is 0. The second-order valence-corrected chi connectivity index (χ2v) is 6.61. The van der Waals surface area contributed by atoms with E-state index in [1.54, 1.807) is 12.1 Å². The number of carbonyl (C=O) groups excluding carboxylic acids is 1. The van der Waals surface area contributed by atoms with Gasteiger partial charge in [0.1, 0.15) is 0 Å². The number of halogens is 3. The molecule has 1 aromatic rings. The van der Waals surface area contributed by atoms with Gasteiger partial charge in [0.2, 0.25) is 0 Å². The Balaban J connectivity index is 2.26. The molecule has 20 heavy (non-hydrogen) atoms. The number of alkyl halides is 3. The summed E-state index contributed by atoms with van der Waals surface area (Å²) in [7, 11) is 0. The number of nitrogen functional groups attached to an aromatic ring is 1. The van der Waals surface area contributed by atoms with E-state index in [0.717, 1.165) is 18.8 Å². The number of rotatable bonds is 2. The van der Waals surface area contributed by atoms with Crippen LogP contribution in [0.1, 0.15) is 0 Å². The number of morpholine rings is 1. The number of nitrogens with zero attached hydrogens (tertiary/aromatic N) is 1. The monoisotopic (exact) mass is 337 g/mol. The predicted octanol–water partition coefficient (Wildman–Crippen LogP) is 2.41. The molecule has 8 heteroatoms. The molecule has 2 rings (SSSR count). The topological polar surface area (TPSA) is 67.6 Å². The fourth-order valence-electron chi connectivity index (χ4n) is 1.93. The van der Waals surface area contributed by atoms with Crippen molar-refractivity contribution in [2.75, 3.05) is 42.3 Å². The van der Waals surface area contributed by atoms with E-state index in [9.17, 15) is 4.79 Å². The fourth-order valence-corrected chi connectivity index (χ4v) is 2.07. The number of ether oxygens (including phenoxy) is 1. The maximum Gasteiger partial charge on any atom is 0.276 e. The van der Waals surface area contributed by atoms with Gasteiger partial charge in [-0.1, -0.05) is 34.8 Å². The van der Waals surface area contributed by atoms with E-state index >= 15 is 0 Å². The van der Waals surface area contributed by atoms with Crippen LogP contribution >= 0.6 is 34.8 Å². The first-order valence-corrected chi connectivity index (χ1v) is 7.12. The molecule has 0 aromatic heterocycles. The Hall–Kier alpha value is -0.880. The van der Waals surface area contributed by atoms with Gasteiger partial charge in [0.25, 0.3) is 9.70 Å². The zero-order chi connectivity index (χ0) is 14.8. The summed E-state index contributed by atoms with van der Waals surface area (Å²) >= 11 is 16.7. The Morgan fingerprint density at radius 1 is 1.30 bits per heavy atom. The quantitative estimate of drug-likeness (QED) is 0.642. The van der Waals surface area contributed by atoms with Crippen LogP contribution < -0.4 is 16.0 Å². The van der Waals surface area contributed by atoms with Crippen molar-refractivity contribution < 1.29 is 9.53 Å². The number of anilines is 3. The SMILES string of the molecule is Nc1ccc(N2CCOCC2)c(NC(=O)C(Cl)(Cl)Cl)c1. The molecular weight excluding hydrogens is 325 g/mol. The standard InChI is InChI=1S/C12H14Cl3N3O2/c13-12(14,15)11(19)17-9-7-8(16)1-2-10(9)18-3-5-20-6-4-18/h1-2,7H,3-6,16H2,(H,17,19). The van der Waals surface area contributed by atoms with Crippen molar-refractivity contribution in [1.29, 1.82) is 0 Å². The third-order valence-electron chi connectivity index (χ3n) is 2.88. The summed E-state index contributed by atoms with van der Waals surface area (Å²) in [5.41, 5.74) is 7.60. The Bertz CT molecular complexity index is 499. The summed E-state index contributed by atoms with van der Waals surface area (Å²) in [5.74, 6) is -0.720. The van der Waals surface area contributed by atoms with Crippen LogP contribution in [-0.2, 0) is 9.53 Å². The highest BCUT2D eigenvalue weighted by molar-refractivity contribution is 6.76. The fraction of sp³-hybridized carbons (Fsp3) is 0.417. The van der Waals surface area contributed by atoms with E-state index in [0.29, 0.717) is 24.6 Å². The number of carbonyl (C=O) groups is 1. The van der Waals surface area contributed by atoms with Gasteiger partial charge < -0.3 is 20.7 Å². The Morgan fingerprint density at radius 2 is 1.95 bits per heavy atom. The number of hydrogen-bond donors (Lipinski definition) is 2. The van der Waals surface area contributed by atoms with Gasteiger partial charge in [0, 0.05) is 18.8 Å². The maximum absolute atomic E-state index is 11.8. The van der Waals surface area contributed by atoms with Gasteiger partial charge in [-0.05, 0) is 18.2 Å². The summed E-state index contributed by atoms with van der Waals surface area (Å²) in [6, 6.07) is 5.23.